The fourth-order valence-corrected chi connectivity index (χ4v) is 1.73. The number of hydrogen-bond acceptors (Lipinski definition) is 2. The van der Waals surface area contributed by atoms with Crippen LogP contribution in [0, 0.1) is 25.2 Å². The lowest BCUT2D eigenvalue weighted by Crippen LogP contribution is -2.32. The number of amides is 1. The van der Waals surface area contributed by atoms with Crippen molar-refractivity contribution in [2.75, 3.05) is 13.1 Å². The van der Waals surface area contributed by atoms with E-state index < -0.39 is 0 Å². The van der Waals surface area contributed by atoms with Gasteiger partial charge in [-0.1, -0.05) is 23.8 Å². The maximum absolute atomic E-state index is 12.0. The summed E-state index contributed by atoms with van der Waals surface area (Å²) in [5.41, 5.74) is 3.32. The Bertz CT molecular complexity index is 446. The van der Waals surface area contributed by atoms with Crippen molar-refractivity contribution in [3.63, 3.8) is 0 Å². The molecule has 0 N–H and O–H groups in total. The summed E-state index contributed by atoms with van der Waals surface area (Å²) in [4.78, 5) is 13.5. The normalized spacial score (nSPS) is 9.76. The van der Waals surface area contributed by atoms with Crippen LogP contribution in [0.15, 0.2) is 18.2 Å². The molecule has 0 aliphatic rings. The zero-order valence-corrected chi connectivity index (χ0v) is 10.7. The van der Waals surface area contributed by atoms with E-state index in [2.05, 4.69) is 0 Å². The van der Waals surface area contributed by atoms with Crippen LogP contribution >= 0.6 is 0 Å². The SMILES string of the molecule is CCN(CC#N)C(=O)Cc1cc(C)ccc1C. The van der Waals surface area contributed by atoms with Crippen molar-refractivity contribution < 1.29 is 4.79 Å². The molecule has 0 saturated heterocycles. The van der Waals surface area contributed by atoms with Gasteiger partial charge in [0.2, 0.25) is 5.91 Å². The third-order valence-corrected chi connectivity index (χ3v) is 2.84. The molecule has 0 aliphatic heterocycles. The molecule has 1 amide bonds. The van der Waals surface area contributed by atoms with Crippen LogP contribution in [0.4, 0.5) is 0 Å². The first-order valence-electron chi connectivity index (χ1n) is 5.79. The molecule has 0 spiro atoms. The maximum Gasteiger partial charge on any atom is 0.227 e. The van der Waals surface area contributed by atoms with E-state index in [1.54, 1.807) is 4.90 Å². The molecule has 90 valence electrons. The summed E-state index contributed by atoms with van der Waals surface area (Å²) in [6, 6.07) is 8.12. The molecular formula is C14H18N2O. The summed E-state index contributed by atoms with van der Waals surface area (Å²) in [7, 11) is 0. The minimum atomic E-state index is 0.0164. The van der Waals surface area contributed by atoms with Crippen LogP contribution in [0.5, 0.6) is 0 Å². The molecule has 0 fully saturated rings. The molecule has 0 heterocycles. The number of carbonyl (C=O) groups excluding carboxylic acids is 1. The summed E-state index contributed by atoms with van der Waals surface area (Å²) in [5, 5.41) is 8.64. The largest absolute Gasteiger partial charge is 0.329 e. The first kappa shape index (κ1) is 13.2. The summed E-state index contributed by atoms with van der Waals surface area (Å²) in [6.45, 7) is 6.65. The summed E-state index contributed by atoms with van der Waals surface area (Å²) in [6.07, 6.45) is 0.378. The van der Waals surface area contributed by atoms with E-state index in [0.29, 0.717) is 13.0 Å². The van der Waals surface area contributed by atoms with Crippen LogP contribution in [0.2, 0.25) is 0 Å². The van der Waals surface area contributed by atoms with E-state index >= 15 is 0 Å². The Kier molecular flexibility index (Phi) is 4.71. The highest BCUT2D eigenvalue weighted by atomic mass is 16.2. The summed E-state index contributed by atoms with van der Waals surface area (Å²) < 4.78 is 0. The van der Waals surface area contributed by atoms with Crippen molar-refractivity contribution in [1.29, 1.82) is 5.26 Å². The van der Waals surface area contributed by atoms with Crippen molar-refractivity contribution in [2.24, 2.45) is 0 Å². The maximum atomic E-state index is 12.0. The zero-order chi connectivity index (χ0) is 12.8. The molecular weight excluding hydrogens is 212 g/mol. The van der Waals surface area contributed by atoms with Crippen molar-refractivity contribution in [2.45, 2.75) is 27.2 Å². The lowest BCUT2D eigenvalue weighted by molar-refractivity contribution is -0.129. The molecule has 0 bridgehead atoms. The van der Waals surface area contributed by atoms with Gasteiger partial charge >= 0.3 is 0 Å². The van der Waals surface area contributed by atoms with Crippen LogP contribution in [-0.4, -0.2) is 23.9 Å². The van der Waals surface area contributed by atoms with Gasteiger partial charge in [-0.15, -0.1) is 0 Å². The minimum Gasteiger partial charge on any atom is -0.329 e. The molecule has 1 rings (SSSR count). The van der Waals surface area contributed by atoms with Crippen LogP contribution in [0.3, 0.4) is 0 Å². The molecule has 0 radical (unpaired) electrons. The van der Waals surface area contributed by atoms with E-state index in [1.807, 2.05) is 45.0 Å². The number of carbonyl (C=O) groups is 1. The highest BCUT2D eigenvalue weighted by molar-refractivity contribution is 5.79. The molecule has 1 aromatic carbocycles. The Hall–Kier alpha value is -1.82. The second-order valence-electron chi connectivity index (χ2n) is 4.17. The topological polar surface area (TPSA) is 44.1 Å². The molecule has 0 aliphatic carbocycles. The van der Waals surface area contributed by atoms with E-state index in [9.17, 15) is 4.79 Å². The number of rotatable bonds is 4. The lowest BCUT2D eigenvalue weighted by Gasteiger charge is -2.18. The van der Waals surface area contributed by atoms with Gasteiger partial charge in [-0.05, 0) is 31.9 Å². The predicted octanol–water partition coefficient (Wildman–Crippen LogP) is 2.22. The molecule has 1 aromatic rings. The average Bonchev–Trinajstić information content (AvgIpc) is 2.30. The average molecular weight is 230 g/mol. The molecule has 0 atom stereocenters. The van der Waals surface area contributed by atoms with E-state index in [0.717, 1.165) is 16.7 Å². The molecule has 3 nitrogen and oxygen atoms in total. The van der Waals surface area contributed by atoms with Gasteiger partial charge in [-0.2, -0.15) is 5.26 Å². The van der Waals surface area contributed by atoms with Gasteiger partial charge in [0.05, 0.1) is 12.5 Å². The number of hydrogen-bond donors (Lipinski definition) is 0. The van der Waals surface area contributed by atoms with Crippen LogP contribution in [0.1, 0.15) is 23.6 Å². The molecule has 3 heteroatoms. The van der Waals surface area contributed by atoms with Crippen molar-refractivity contribution in [3.05, 3.63) is 34.9 Å². The highest BCUT2D eigenvalue weighted by Gasteiger charge is 2.12. The third kappa shape index (κ3) is 3.60. The first-order valence-corrected chi connectivity index (χ1v) is 5.79. The Balaban J connectivity index is 2.80. The minimum absolute atomic E-state index is 0.0164. The van der Waals surface area contributed by atoms with Gasteiger partial charge in [0.1, 0.15) is 6.54 Å². The number of benzene rings is 1. The van der Waals surface area contributed by atoms with Gasteiger partial charge in [-0.3, -0.25) is 4.79 Å². The van der Waals surface area contributed by atoms with Gasteiger partial charge < -0.3 is 4.90 Å². The van der Waals surface area contributed by atoms with Crippen molar-refractivity contribution >= 4 is 5.91 Å². The quantitative estimate of drug-likeness (QED) is 0.744. The molecule has 0 aromatic heterocycles. The summed E-state index contributed by atoms with van der Waals surface area (Å²) >= 11 is 0. The van der Waals surface area contributed by atoms with Crippen LogP contribution in [0.25, 0.3) is 0 Å². The monoisotopic (exact) mass is 230 g/mol. The molecule has 0 saturated carbocycles. The van der Waals surface area contributed by atoms with Crippen LogP contribution in [-0.2, 0) is 11.2 Å². The predicted molar refractivity (Wildman–Crippen MR) is 67.5 cm³/mol. The standard InChI is InChI=1S/C14H18N2O/c1-4-16(8-7-15)14(17)10-13-9-11(2)5-6-12(13)3/h5-6,9H,4,8,10H2,1-3H3. The van der Waals surface area contributed by atoms with E-state index in [4.69, 9.17) is 5.26 Å². The lowest BCUT2D eigenvalue weighted by atomic mass is 10.0. The smallest absolute Gasteiger partial charge is 0.227 e. The van der Waals surface area contributed by atoms with E-state index in [-0.39, 0.29) is 12.5 Å². The third-order valence-electron chi connectivity index (χ3n) is 2.84. The Morgan fingerprint density at radius 2 is 2.12 bits per heavy atom. The second-order valence-corrected chi connectivity index (χ2v) is 4.17. The van der Waals surface area contributed by atoms with Gasteiger partial charge in [0.25, 0.3) is 0 Å². The number of nitriles is 1. The zero-order valence-electron chi connectivity index (χ0n) is 10.7. The van der Waals surface area contributed by atoms with Gasteiger partial charge in [0.15, 0.2) is 0 Å². The number of aryl methyl sites for hydroxylation is 2. The first-order chi connectivity index (χ1) is 8.08. The van der Waals surface area contributed by atoms with Gasteiger partial charge in [-0.25, -0.2) is 0 Å². The molecule has 17 heavy (non-hydrogen) atoms. The van der Waals surface area contributed by atoms with Gasteiger partial charge in [0, 0.05) is 6.54 Å². The second kappa shape index (κ2) is 6.05. The Morgan fingerprint density at radius 3 is 2.71 bits per heavy atom. The number of likely N-dealkylation sites (N-methyl/N-ethyl adjacent to an activating group) is 1. The van der Waals surface area contributed by atoms with Crippen LogP contribution < -0.4 is 0 Å². The fraction of sp³-hybridized carbons (Fsp3) is 0.429. The summed E-state index contributed by atoms with van der Waals surface area (Å²) in [5.74, 6) is 0.0164. The Morgan fingerprint density at radius 1 is 1.41 bits per heavy atom. The molecule has 0 unspecified atom stereocenters. The number of nitrogens with zero attached hydrogens (tertiary/aromatic N) is 2. The van der Waals surface area contributed by atoms with Crippen molar-refractivity contribution in [3.8, 4) is 6.07 Å². The fourth-order valence-electron chi connectivity index (χ4n) is 1.73. The Labute approximate surface area is 103 Å². The van der Waals surface area contributed by atoms with Crippen molar-refractivity contribution in [1.82, 2.24) is 4.90 Å². The van der Waals surface area contributed by atoms with E-state index in [1.165, 1.54) is 0 Å². The highest BCUT2D eigenvalue weighted by Crippen LogP contribution is 2.12.